The van der Waals surface area contributed by atoms with Gasteiger partial charge in [0.05, 0.1) is 5.60 Å². The van der Waals surface area contributed by atoms with Crippen LogP contribution in [-0.2, 0) is 0 Å². The summed E-state index contributed by atoms with van der Waals surface area (Å²) in [6.45, 7) is 5.37. The molecule has 0 spiro atoms. The first-order chi connectivity index (χ1) is 7.64. The number of anilines is 1. The van der Waals surface area contributed by atoms with Crippen LogP contribution in [0.3, 0.4) is 0 Å². The van der Waals surface area contributed by atoms with Gasteiger partial charge < -0.3 is 15.3 Å². The number of β-amino-alcohol motifs (C(OH)–C–C–N with tert-alkyl or cyclic N) is 1. The van der Waals surface area contributed by atoms with E-state index >= 15 is 0 Å². The van der Waals surface area contributed by atoms with Crippen LogP contribution >= 0.6 is 0 Å². The Morgan fingerprint density at radius 2 is 2.19 bits per heavy atom. The number of aliphatic hydroxyl groups is 1. The van der Waals surface area contributed by atoms with Crippen molar-refractivity contribution in [1.29, 1.82) is 0 Å². The fourth-order valence-corrected chi connectivity index (χ4v) is 2.29. The first kappa shape index (κ1) is 10.1. The molecule has 0 aromatic carbocycles. The molecule has 0 bridgehead atoms. The maximum Gasteiger partial charge on any atom is 0.128 e. The van der Waals surface area contributed by atoms with Crippen LogP contribution in [-0.4, -0.2) is 41.9 Å². The van der Waals surface area contributed by atoms with Crippen molar-refractivity contribution in [2.24, 2.45) is 0 Å². The van der Waals surface area contributed by atoms with Crippen LogP contribution in [0, 0.1) is 0 Å². The molecule has 0 unspecified atom stereocenters. The van der Waals surface area contributed by atoms with Gasteiger partial charge in [0.1, 0.15) is 5.82 Å². The first-order valence-electron chi connectivity index (χ1n) is 5.78. The Morgan fingerprint density at radius 3 is 2.62 bits per heavy atom. The van der Waals surface area contributed by atoms with Gasteiger partial charge in [-0.05, 0) is 18.6 Å². The van der Waals surface area contributed by atoms with Crippen molar-refractivity contribution in [1.82, 2.24) is 10.3 Å². The highest BCUT2D eigenvalue weighted by Gasteiger charge is 2.37. The zero-order valence-corrected chi connectivity index (χ0v) is 9.48. The first-order valence-corrected chi connectivity index (χ1v) is 5.78. The molecule has 2 aliphatic heterocycles. The molecule has 16 heavy (non-hydrogen) atoms. The van der Waals surface area contributed by atoms with Gasteiger partial charge in [-0.3, -0.25) is 0 Å². The topological polar surface area (TPSA) is 48.4 Å². The van der Waals surface area contributed by atoms with Crippen LogP contribution < -0.4 is 10.2 Å². The highest BCUT2D eigenvalue weighted by Crippen LogP contribution is 2.27. The number of nitrogens with one attached hydrogen (secondary N) is 1. The van der Waals surface area contributed by atoms with Crippen molar-refractivity contribution in [3.8, 4) is 0 Å². The third-order valence-corrected chi connectivity index (χ3v) is 3.41. The highest BCUT2D eigenvalue weighted by molar-refractivity contribution is 5.44. The molecule has 86 valence electrons. The van der Waals surface area contributed by atoms with E-state index in [9.17, 15) is 5.11 Å². The molecular weight excluding hydrogens is 202 g/mol. The van der Waals surface area contributed by atoms with Gasteiger partial charge in [-0.2, -0.15) is 0 Å². The monoisotopic (exact) mass is 219 g/mol. The van der Waals surface area contributed by atoms with Crippen molar-refractivity contribution in [2.45, 2.75) is 18.4 Å². The van der Waals surface area contributed by atoms with Gasteiger partial charge in [-0.15, -0.1) is 0 Å². The molecule has 1 aromatic heterocycles. The molecule has 2 fully saturated rings. The minimum Gasteiger partial charge on any atom is -0.386 e. The van der Waals surface area contributed by atoms with Crippen molar-refractivity contribution in [2.75, 3.05) is 31.1 Å². The number of nitrogens with zero attached hydrogens (tertiary/aromatic N) is 2. The van der Waals surface area contributed by atoms with Crippen LogP contribution in [0.25, 0.3) is 0 Å². The van der Waals surface area contributed by atoms with E-state index in [0.29, 0.717) is 19.0 Å². The maximum absolute atomic E-state index is 9.66. The predicted molar refractivity (Wildman–Crippen MR) is 62.7 cm³/mol. The van der Waals surface area contributed by atoms with Gasteiger partial charge in [-0.1, -0.05) is 6.07 Å². The minimum atomic E-state index is -0.530. The summed E-state index contributed by atoms with van der Waals surface area (Å²) in [6.07, 6.45) is 1.97. The Kier molecular flexibility index (Phi) is 2.16. The molecule has 0 amide bonds. The van der Waals surface area contributed by atoms with E-state index in [1.165, 1.54) is 5.56 Å². The second-order valence-electron chi connectivity index (χ2n) is 5.16. The Labute approximate surface area is 95.3 Å². The lowest BCUT2D eigenvalue weighted by Gasteiger charge is -2.45. The molecule has 0 saturated carbocycles. The van der Waals surface area contributed by atoms with E-state index in [4.69, 9.17) is 0 Å². The lowest BCUT2D eigenvalue weighted by atomic mass is 9.94. The van der Waals surface area contributed by atoms with Crippen molar-refractivity contribution in [3.63, 3.8) is 0 Å². The van der Waals surface area contributed by atoms with Gasteiger partial charge in [0.2, 0.25) is 0 Å². The molecule has 2 saturated heterocycles. The third kappa shape index (κ3) is 1.68. The standard InChI is InChI=1S/C12H17N3O/c1-12(16)7-15(8-12)11-3-2-9(6-14-11)10-4-13-5-10/h2-3,6,10,13,16H,4-5,7-8H2,1H3. The third-order valence-electron chi connectivity index (χ3n) is 3.41. The van der Waals surface area contributed by atoms with Crippen LogP contribution in [0.4, 0.5) is 5.82 Å². The van der Waals surface area contributed by atoms with Gasteiger partial charge in [-0.25, -0.2) is 4.98 Å². The summed E-state index contributed by atoms with van der Waals surface area (Å²) in [7, 11) is 0. The number of rotatable bonds is 2. The number of aromatic nitrogens is 1. The summed E-state index contributed by atoms with van der Waals surface area (Å²) in [5, 5.41) is 12.9. The Balaban J connectivity index is 1.68. The highest BCUT2D eigenvalue weighted by atomic mass is 16.3. The second-order valence-corrected chi connectivity index (χ2v) is 5.16. The van der Waals surface area contributed by atoms with Gasteiger partial charge in [0.25, 0.3) is 0 Å². The smallest absolute Gasteiger partial charge is 0.128 e. The summed E-state index contributed by atoms with van der Waals surface area (Å²) in [6, 6.07) is 4.21. The summed E-state index contributed by atoms with van der Waals surface area (Å²) < 4.78 is 0. The number of pyridine rings is 1. The van der Waals surface area contributed by atoms with E-state index in [1.807, 2.05) is 13.1 Å². The summed E-state index contributed by atoms with van der Waals surface area (Å²) in [4.78, 5) is 6.56. The van der Waals surface area contributed by atoms with Gasteiger partial charge >= 0.3 is 0 Å². The number of hydrogen-bond acceptors (Lipinski definition) is 4. The molecule has 0 radical (unpaired) electrons. The van der Waals surface area contributed by atoms with Crippen molar-refractivity contribution >= 4 is 5.82 Å². The normalized spacial score (nSPS) is 23.8. The molecule has 2 aliphatic rings. The average molecular weight is 219 g/mol. The van der Waals surface area contributed by atoms with Gasteiger partial charge in [0, 0.05) is 38.3 Å². The molecule has 2 N–H and O–H groups in total. The summed E-state index contributed by atoms with van der Waals surface area (Å²) in [5.41, 5.74) is 0.785. The maximum atomic E-state index is 9.66. The molecule has 3 heterocycles. The zero-order valence-electron chi connectivity index (χ0n) is 9.48. The van der Waals surface area contributed by atoms with Gasteiger partial charge in [0.15, 0.2) is 0 Å². The van der Waals surface area contributed by atoms with E-state index in [1.54, 1.807) is 0 Å². The number of hydrogen-bond donors (Lipinski definition) is 2. The predicted octanol–water partition coefficient (Wildman–Crippen LogP) is 0.339. The van der Waals surface area contributed by atoms with Crippen LogP contribution in [0.15, 0.2) is 18.3 Å². The quantitative estimate of drug-likeness (QED) is 0.753. The molecular formula is C12H17N3O. The molecule has 0 atom stereocenters. The van der Waals surface area contributed by atoms with E-state index < -0.39 is 5.60 Å². The molecule has 1 aromatic rings. The van der Waals surface area contributed by atoms with E-state index in [2.05, 4.69) is 27.3 Å². The fraction of sp³-hybridized carbons (Fsp3) is 0.583. The zero-order chi connectivity index (χ0) is 11.2. The van der Waals surface area contributed by atoms with E-state index in [0.717, 1.165) is 18.9 Å². The van der Waals surface area contributed by atoms with Crippen molar-refractivity contribution in [3.05, 3.63) is 23.9 Å². The summed E-state index contributed by atoms with van der Waals surface area (Å²) >= 11 is 0. The largest absolute Gasteiger partial charge is 0.386 e. The molecule has 4 nitrogen and oxygen atoms in total. The lowest BCUT2D eigenvalue weighted by Crippen LogP contribution is -2.60. The fourth-order valence-electron chi connectivity index (χ4n) is 2.29. The Hall–Kier alpha value is -1.13. The Morgan fingerprint density at radius 1 is 1.44 bits per heavy atom. The lowest BCUT2D eigenvalue weighted by molar-refractivity contribution is 0.0305. The van der Waals surface area contributed by atoms with E-state index in [-0.39, 0.29) is 0 Å². The Bertz CT molecular complexity index is 376. The second kappa shape index (κ2) is 3.43. The van der Waals surface area contributed by atoms with Crippen LogP contribution in [0.2, 0.25) is 0 Å². The molecule has 0 aliphatic carbocycles. The SMILES string of the molecule is CC1(O)CN(c2ccc(C3CNC3)cn2)C1. The average Bonchev–Trinajstić information content (AvgIpc) is 2.12. The minimum absolute atomic E-state index is 0.530. The summed E-state index contributed by atoms with van der Waals surface area (Å²) in [5.74, 6) is 1.61. The van der Waals surface area contributed by atoms with Crippen LogP contribution in [0.5, 0.6) is 0 Å². The molecule has 4 heteroatoms. The van der Waals surface area contributed by atoms with Crippen LogP contribution in [0.1, 0.15) is 18.4 Å². The van der Waals surface area contributed by atoms with Crippen molar-refractivity contribution < 1.29 is 5.11 Å². The molecule has 3 rings (SSSR count).